The van der Waals surface area contributed by atoms with Crippen molar-refractivity contribution in [2.24, 2.45) is 34.5 Å². The molecule has 1 fully saturated rings. The molecule has 4 rings (SSSR count). The van der Waals surface area contributed by atoms with E-state index in [1.54, 1.807) is 16.7 Å². The minimum atomic E-state index is -0.0453. The van der Waals surface area contributed by atoms with Crippen LogP contribution in [-0.4, -0.2) is 11.2 Å². The highest BCUT2D eigenvalue weighted by molar-refractivity contribution is 5.49. The third-order valence-corrected chi connectivity index (χ3v) is 9.01. The second kappa shape index (κ2) is 6.50. The molecule has 1 nitrogen and oxygen atoms in total. The van der Waals surface area contributed by atoms with Gasteiger partial charge >= 0.3 is 0 Å². The standard InChI is InChI=1S/C25H40O/c1-16(2)14-17(3)21-8-9-22-20-7-6-18-15-19(26)10-12-24(18,4)23(20)11-13-25(21,22)5/h9,16-19,21,26H,6-8,10-15H2,1-5H3/t17-,18?,19+,21-,24+,25-/m1/s1. The smallest absolute Gasteiger partial charge is 0.0543 e. The quantitative estimate of drug-likeness (QED) is 0.598. The summed E-state index contributed by atoms with van der Waals surface area (Å²) in [5, 5.41) is 10.2. The summed E-state index contributed by atoms with van der Waals surface area (Å²) in [7, 11) is 0. The minimum absolute atomic E-state index is 0.0453. The molecule has 0 amide bonds. The topological polar surface area (TPSA) is 20.2 Å². The highest BCUT2D eigenvalue weighted by atomic mass is 16.3. The Morgan fingerprint density at radius 1 is 1.08 bits per heavy atom. The van der Waals surface area contributed by atoms with Crippen LogP contribution in [0.25, 0.3) is 0 Å². The van der Waals surface area contributed by atoms with Crippen molar-refractivity contribution in [3.63, 3.8) is 0 Å². The van der Waals surface area contributed by atoms with Crippen LogP contribution in [0.1, 0.15) is 92.4 Å². The van der Waals surface area contributed by atoms with Gasteiger partial charge in [0.2, 0.25) is 0 Å². The van der Waals surface area contributed by atoms with Gasteiger partial charge < -0.3 is 5.11 Å². The summed E-state index contributed by atoms with van der Waals surface area (Å²) >= 11 is 0. The normalized spacial score (nSPS) is 43.7. The Morgan fingerprint density at radius 3 is 2.58 bits per heavy atom. The van der Waals surface area contributed by atoms with Gasteiger partial charge in [0.1, 0.15) is 0 Å². The average molecular weight is 357 g/mol. The Labute approximate surface area is 161 Å². The number of rotatable bonds is 3. The molecule has 6 atom stereocenters. The van der Waals surface area contributed by atoms with Gasteiger partial charge in [0.25, 0.3) is 0 Å². The summed E-state index contributed by atoms with van der Waals surface area (Å²) in [5.41, 5.74) is 6.13. The third kappa shape index (κ3) is 2.76. The molecule has 1 saturated carbocycles. The summed E-state index contributed by atoms with van der Waals surface area (Å²) in [4.78, 5) is 0. The van der Waals surface area contributed by atoms with E-state index < -0.39 is 0 Å². The van der Waals surface area contributed by atoms with Gasteiger partial charge in [-0.05, 0) is 103 Å². The Kier molecular flexibility index (Phi) is 4.70. The second-order valence-corrected chi connectivity index (χ2v) is 11.0. The highest BCUT2D eigenvalue weighted by Crippen LogP contribution is 2.64. The van der Waals surface area contributed by atoms with Crippen molar-refractivity contribution in [1.29, 1.82) is 0 Å². The number of allylic oxidation sites excluding steroid dienone is 4. The number of fused-ring (bicyclic) bond motifs is 4. The molecule has 0 aliphatic heterocycles. The molecular formula is C25H40O. The molecule has 1 heteroatoms. The van der Waals surface area contributed by atoms with Gasteiger partial charge in [-0.2, -0.15) is 0 Å². The summed E-state index contributed by atoms with van der Waals surface area (Å²) in [6.45, 7) is 12.4. The molecule has 0 radical (unpaired) electrons. The Bertz CT molecular complexity index is 626. The van der Waals surface area contributed by atoms with E-state index in [2.05, 4.69) is 40.7 Å². The van der Waals surface area contributed by atoms with Crippen molar-refractivity contribution in [2.75, 3.05) is 0 Å². The summed E-state index contributed by atoms with van der Waals surface area (Å²) in [6.07, 6.45) is 13.8. The summed E-state index contributed by atoms with van der Waals surface area (Å²) in [5.74, 6) is 3.19. The van der Waals surface area contributed by atoms with E-state index in [1.165, 1.54) is 44.9 Å². The fraction of sp³-hybridized carbons (Fsp3) is 0.840. The molecule has 1 unspecified atom stereocenters. The van der Waals surface area contributed by atoms with E-state index in [0.717, 1.165) is 30.6 Å². The van der Waals surface area contributed by atoms with E-state index in [-0.39, 0.29) is 6.10 Å². The van der Waals surface area contributed by atoms with Crippen molar-refractivity contribution in [2.45, 2.75) is 98.5 Å². The van der Waals surface area contributed by atoms with Gasteiger partial charge in [0.15, 0.2) is 0 Å². The van der Waals surface area contributed by atoms with Gasteiger partial charge in [-0.3, -0.25) is 0 Å². The van der Waals surface area contributed by atoms with Crippen molar-refractivity contribution in [3.05, 3.63) is 22.8 Å². The fourth-order valence-electron chi connectivity index (χ4n) is 7.64. The molecule has 1 N–H and O–H groups in total. The van der Waals surface area contributed by atoms with Gasteiger partial charge in [0, 0.05) is 0 Å². The lowest BCUT2D eigenvalue weighted by Gasteiger charge is -2.54. The molecule has 0 aromatic carbocycles. The van der Waals surface area contributed by atoms with Crippen molar-refractivity contribution in [1.82, 2.24) is 0 Å². The van der Waals surface area contributed by atoms with Crippen LogP contribution in [0.15, 0.2) is 22.8 Å². The lowest BCUT2D eigenvalue weighted by Crippen LogP contribution is -2.44. The minimum Gasteiger partial charge on any atom is -0.393 e. The predicted molar refractivity (Wildman–Crippen MR) is 110 cm³/mol. The molecule has 0 spiro atoms. The lowest BCUT2D eigenvalue weighted by atomic mass is 9.51. The van der Waals surface area contributed by atoms with Crippen molar-refractivity contribution in [3.8, 4) is 0 Å². The molecule has 4 aliphatic carbocycles. The second-order valence-electron chi connectivity index (χ2n) is 11.0. The van der Waals surface area contributed by atoms with E-state index in [4.69, 9.17) is 0 Å². The van der Waals surface area contributed by atoms with Gasteiger partial charge in [-0.15, -0.1) is 0 Å². The largest absolute Gasteiger partial charge is 0.393 e. The average Bonchev–Trinajstić information content (AvgIpc) is 2.92. The lowest BCUT2D eigenvalue weighted by molar-refractivity contribution is 0.0224. The van der Waals surface area contributed by atoms with Crippen LogP contribution in [0, 0.1) is 34.5 Å². The molecule has 0 aromatic rings. The summed E-state index contributed by atoms with van der Waals surface area (Å²) in [6, 6.07) is 0. The van der Waals surface area contributed by atoms with Gasteiger partial charge in [-0.1, -0.05) is 46.3 Å². The Morgan fingerprint density at radius 2 is 1.85 bits per heavy atom. The van der Waals surface area contributed by atoms with Crippen LogP contribution in [0.2, 0.25) is 0 Å². The maximum absolute atomic E-state index is 10.2. The van der Waals surface area contributed by atoms with Crippen LogP contribution < -0.4 is 0 Å². The van der Waals surface area contributed by atoms with Crippen molar-refractivity contribution < 1.29 is 5.11 Å². The van der Waals surface area contributed by atoms with E-state index in [0.29, 0.717) is 16.7 Å². The number of aliphatic hydroxyl groups excluding tert-OH is 1. The van der Waals surface area contributed by atoms with Crippen LogP contribution in [-0.2, 0) is 0 Å². The SMILES string of the molecule is CC(C)C[C@@H](C)[C@H]1CC=C2C3=C(CC[C@@]21C)[C@@]1(C)CC[C@H](O)CC1CC3. The highest BCUT2D eigenvalue weighted by Gasteiger charge is 2.52. The van der Waals surface area contributed by atoms with Crippen LogP contribution in [0.4, 0.5) is 0 Å². The first-order valence-electron chi connectivity index (χ1n) is 11.4. The molecular weight excluding hydrogens is 316 g/mol. The van der Waals surface area contributed by atoms with Crippen LogP contribution >= 0.6 is 0 Å². The number of aliphatic hydroxyl groups is 1. The molecule has 0 heterocycles. The van der Waals surface area contributed by atoms with E-state index >= 15 is 0 Å². The zero-order valence-corrected chi connectivity index (χ0v) is 17.8. The first kappa shape index (κ1) is 18.8. The predicted octanol–water partition coefficient (Wildman–Crippen LogP) is 6.67. The van der Waals surface area contributed by atoms with Crippen molar-refractivity contribution >= 4 is 0 Å². The van der Waals surface area contributed by atoms with E-state index in [1.807, 2.05) is 0 Å². The molecule has 0 saturated heterocycles. The Hall–Kier alpha value is -0.560. The van der Waals surface area contributed by atoms with E-state index in [9.17, 15) is 5.11 Å². The monoisotopic (exact) mass is 356 g/mol. The first-order valence-corrected chi connectivity index (χ1v) is 11.4. The fourth-order valence-corrected chi connectivity index (χ4v) is 7.64. The third-order valence-electron chi connectivity index (χ3n) is 9.01. The Balaban J connectivity index is 1.64. The molecule has 0 aromatic heterocycles. The zero-order valence-electron chi connectivity index (χ0n) is 17.8. The maximum Gasteiger partial charge on any atom is 0.0543 e. The van der Waals surface area contributed by atoms with Crippen LogP contribution in [0.5, 0.6) is 0 Å². The summed E-state index contributed by atoms with van der Waals surface area (Å²) < 4.78 is 0. The maximum atomic E-state index is 10.2. The van der Waals surface area contributed by atoms with Crippen LogP contribution in [0.3, 0.4) is 0 Å². The number of hydrogen-bond donors (Lipinski definition) is 1. The zero-order chi connectivity index (χ0) is 18.7. The molecule has 26 heavy (non-hydrogen) atoms. The van der Waals surface area contributed by atoms with Gasteiger partial charge in [-0.25, -0.2) is 0 Å². The van der Waals surface area contributed by atoms with Gasteiger partial charge in [0.05, 0.1) is 6.10 Å². The molecule has 4 aliphatic rings. The first-order chi connectivity index (χ1) is 12.3. The molecule has 146 valence electrons. The molecule has 0 bridgehead atoms. The number of hydrogen-bond acceptors (Lipinski definition) is 1.